The minimum atomic E-state index is -0.00735. The number of carbonyl (C=O) groups is 1. The van der Waals surface area contributed by atoms with Gasteiger partial charge in [-0.1, -0.05) is 6.07 Å². The predicted molar refractivity (Wildman–Crippen MR) is 111 cm³/mol. The van der Waals surface area contributed by atoms with Crippen LogP contribution in [-0.2, 0) is 6.54 Å². The summed E-state index contributed by atoms with van der Waals surface area (Å²) in [7, 11) is 0. The van der Waals surface area contributed by atoms with E-state index in [1.165, 1.54) is 12.8 Å². The van der Waals surface area contributed by atoms with Crippen LogP contribution < -0.4 is 5.56 Å². The third kappa shape index (κ3) is 2.96. The van der Waals surface area contributed by atoms with Crippen LogP contribution in [0.15, 0.2) is 47.5 Å². The molecule has 30 heavy (non-hydrogen) atoms. The highest BCUT2D eigenvalue weighted by atomic mass is 16.2. The quantitative estimate of drug-likeness (QED) is 0.731. The molecule has 7 nitrogen and oxygen atoms in total. The van der Waals surface area contributed by atoms with Crippen molar-refractivity contribution in [2.75, 3.05) is 13.1 Å². The van der Waals surface area contributed by atoms with Gasteiger partial charge in [-0.15, -0.1) is 0 Å². The Hall–Kier alpha value is -3.22. The van der Waals surface area contributed by atoms with E-state index >= 15 is 0 Å². The molecule has 2 aliphatic heterocycles. The average molecular weight is 401 g/mol. The summed E-state index contributed by atoms with van der Waals surface area (Å²) in [4.78, 5) is 32.1. The van der Waals surface area contributed by atoms with Crippen LogP contribution in [0.5, 0.6) is 0 Å². The second kappa shape index (κ2) is 6.65. The van der Waals surface area contributed by atoms with Crippen molar-refractivity contribution in [2.45, 2.75) is 37.6 Å². The molecule has 1 amide bonds. The van der Waals surface area contributed by atoms with Crippen molar-refractivity contribution < 1.29 is 4.79 Å². The number of nitrogens with zero attached hydrogens (tertiary/aromatic N) is 4. The SMILES string of the molecule is O=C(c1cc(C2CC2)[nH]n1)N1C[C@@H]2C[C@H](C1)c1cc(-c3cccnc3)cc(=O)n1C2. The van der Waals surface area contributed by atoms with E-state index in [1.807, 2.05) is 27.7 Å². The number of aromatic nitrogens is 4. The molecule has 2 bridgehead atoms. The first-order valence-electron chi connectivity index (χ1n) is 10.7. The Kier molecular flexibility index (Phi) is 3.91. The lowest BCUT2D eigenvalue weighted by Gasteiger charge is -2.42. The van der Waals surface area contributed by atoms with Gasteiger partial charge in [-0.3, -0.25) is 19.7 Å². The van der Waals surface area contributed by atoms with Crippen molar-refractivity contribution in [3.63, 3.8) is 0 Å². The van der Waals surface area contributed by atoms with Gasteiger partial charge in [0.15, 0.2) is 0 Å². The van der Waals surface area contributed by atoms with E-state index in [9.17, 15) is 9.59 Å². The Balaban J connectivity index is 1.31. The van der Waals surface area contributed by atoms with E-state index in [0.29, 0.717) is 37.2 Å². The molecule has 0 radical (unpaired) electrons. The van der Waals surface area contributed by atoms with Gasteiger partial charge in [-0.2, -0.15) is 5.10 Å². The monoisotopic (exact) mass is 401 g/mol. The van der Waals surface area contributed by atoms with E-state index in [0.717, 1.165) is 28.9 Å². The number of piperidine rings is 1. The molecule has 3 aliphatic rings. The number of hydrogen-bond acceptors (Lipinski definition) is 4. The minimum Gasteiger partial charge on any atom is -0.336 e. The number of nitrogens with one attached hydrogen (secondary N) is 1. The van der Waals surface area contributed by atoms with E-state index in [1.54, 1.807) is 18.5 Å². The second-order valence-electron chi connectivity index (χ2n) is 8.85. The Morgan fingerprint density at radius 3 is 2.77 bits per heavy atom. The van der Waals surface area contributed by atoms with Crippen LogP contribution in [0.1, 0.15) is 53.0 Å². The fraction of sp³-hybridized carbons (Fsp3) is 0.391. The first-order valence-corrected chi connectivity index (χ1v) is 10.7. The molecule has 1 saturated carbocycles. The molecular formula is C23H23N5O2. The fourth-order valence-electron chi connectivity index (χ4n) is 5.04. The van der Waals surface area contributed by atoms with Gasteiger partial charge >= 0.3 is 0 Å². The smallest absolute Gasteiger partial charge is 0.274 e. The molecule has 0 spiro atoms. The number of hydrogen-bond donors (Lipinski definition) is 1. The molecule has 5 heterocycles. The first-order chi connectivity index (χ1) is 14.7. The molecule has 6 rings (SSSR count). The molecule has 152 valence electrons. The maximum absolute atomic E-state index is 13.1. The molecule has 0 unspecified atom stereocenters. The number of H-pyrrole nitrogens is 1. The maximum Gasteiger partial charge on any atom is 0.274 e. The summed E-state index contributed by atoms with van der Waals surface area (Å²) >= 11 is 0. The van der Waals surface area contributed by atoms with Gasteiger partial charge in [0.1, 0.15) is 5.69 Å². The lowest BCUT2D eigenvalue weighted by atomic mass is 9.82. The highest BCUT2D eigenvalue weighted by Crippen LogP contribution is 2.40. The van der Waals surface area contributed by atoms with Gasteiger partial charge in [-0.25, -0.2) is 0 Å². The van der Waals surface area contributed by atoms with Gasteiger partial charge in [0, 0.05) is 66.9 Å². The van der Waals surface area contributed by atoms with E-state index in [2.05, 4.69) is 21.2 Å². The van der Waals surface area contributed by atoms with Crippen molar-refractivity contribution in [3.05, 3.63) is 70.2 Å². The van der Waals surface area contributed by atoms with Gasteiger partial charge < -0.3 is 9.47 Å². The van der Waals surface area contributed by atoms with E-state index < -0.39 is 0 Å². The van der Waals surface area contributed by atoms with Crippen LogP contribution in [0.4, 0.5) is 0 Å². The lowest BCUT2D eigenvalue weighted by molar-refractivity contribution is 0.0589. The number of rotatable bonds is 3. The van der Waals surface area contributed by atoms with Crippen molar-refractivity contribution in [1.82, 2.24) is 24.6 Å². The number of pyridine rings is 2. The Morgan fingerprint density at radius 2 is 1.97 bits per heavy atom. The summed E-state index contributed by atoms with van der Waals surface area (Å²) in [5.74, 6) is 0.994. The molecule has 1 saturated heterocycles. The molecular weight excluding hydrogens is 378 g/mol. The third-order valence-electron chi connectivity index (χ3n) is 6.67. The molecule has 1 N–H and O–H groups in total. The van der Waals surface area contributed by atoms with E-state index in [4.69, 9.17) is 0 Å². The minimum absolute atomic E-state index is 0.00735. The van der Waals surface area contributed by atoms with Crippen LogP contribution in [-0.4, -0.2) is 43.6 Å². The lowest BCUT2D eigenvalue weighted by Crippen LogP contribution is -2.49. The van der Waals surface area contributed by atoms with Crippen LogP contribution >= 0.6 is 0 Å². The number of aromatic amines is 1. The number of carbonyl (C=O) groups excluding carboxylic acids is 1. The molecule has 1 aliphatic carbocycles. The summed E-state index contributed by atoms with van der Waals surface area (Å²) in [5.41, 5.74) is 4.47. The fourth-order valence-corrected chi connectivity index (χ4v) is 5.04. The van der Waals surface area contributed by atoms with E-state index in [-0.39, 0.29) is 17.4 Å². The Morgan fingerprint density at radius 1 is 1.07 bits per heavy atom. The molecule has 0 aromatic carbocycles. The summed E-state index contributed by atoms with van der Waals surface area (Å²) in [5, 5.41) is 7.32. The largest absolute Gasteiger partial charge is 0.336 e. The molecule has 2 fully saturated rings. The highest BCUT2D eigenvalue weighted by molar-refractivity contribution is 5.92. The molecule has 7 heteroatoms. The molecule has 3 aromatic rings. The topological polar surface area (TPSA) is 83.9 Å². The number of fused-ring (bicyclic) bond motifs is 4. The van der Waals surface area contributed by atoms with Gasteiger partial charge in [0.05, 0.1) is 0 Å². The predicted octanol–water partition coefficient (Wildman–Crippen LogP) is 2.77. The normalized spacial score (nSPS) is 22.6. The standard InChI is InChI=1S/C23H23N5O2/c29-22-8-17(16-2-1-5-24-10-16)7-21-18-6-14(12-28(21)22)11-27(13-18)23(30)20-9-19(25-26-20)15-3-4-15/h1-2,5,7-10,14-15,18H,3-4,6,11-13H2,(H,25,26)/t14-,18+/m0/s1. The van der Waals surface area contributed by atoms with Crippen molar-refractivity contribution >= 4 is 5.91 Å². The van der Waals surface area contributed by atoms with Gasteiger partial charge in [0.25, 0.3) is 11.5 Å². The number of amides is 1. The number of likely N-dealkylation sites (tertiary alicyclic amines) is 1. The van der Waals surface area contributed by atoms with Gasteiger partial charge in [0.2, 0.25) is 0 Å². The Bertz CT molecular complexity index is 1180. The molecule has 3 aromatic heterocycles. The zero-order chi connectivity index (χ0) is 20.2. The summed E-state index contributed by atoms with van der Waals surface area (Å²) in [6.07, 6.45) is 6.87. The van der Waals surface area contributed by atoms with Crippen LogP contribution in [0.25, 0.3) is 11.1 Å². The maximum atomic E-state index is 13.1. The summed E-state index contributed by atoms with van der Waals surface area (Å²) in [6, 6.07) is 9.57. The Labute approximate surface area is 173 Å². The van der Waals surface area contributed by atoms with Crippen molar-refractivity contribution in [3.8, 4) is 11.1 Å². The molecule has 2 atom stereocenters. The van der Waals surface area contributed by atoms with Gasteiger partial charge in [-0.05, 0) is 48.9 Å². The van der Waals surface area contributed by atoms with Crippen LogP contribution in [0, 0.1) is 5.92 Å². The second-order valence-corrected chi connectivity index (χ2v) is 8.85. The van der Waals surface area contributed by atoms with Crippen LogP contribution in [0.2, 0.25) is 0 Å². The summed E-state index contributed by atoms with van der Waals surface area (Å²) in [6.45, 7) is 1.96. The van der Waals surface area contributed by atoms with Crippen molar-refractivity contribution in [2.24, 2.45) is 5.92 Å². The average Bonchev–Trinajstić information content (AvgIpc) is 3.51. The van der Waals surface area contributed by atoms with Crippen molar-refractivity contribution in [1.29, 1.82) is 0 Å². The first kappa shape index (κ1) is 17.6. The summed E-state index contributed by atoms with van der Waals surface area (Å²) < 4.78 is 1.90. The van der Waals surface area contributed by atoms with Crippen LogP contribution in [0.3, 0.4) is 0 Å². The third-order valence-corrected chi connectivity index (χ3v) is 6.67. The zero-order valence-corrected chi connectivity index (χ0v) is 16.6. The highest BCUT2D eigenvalue weighted by Gasteiger charge is 2.37. The zero-order valence-electron chi connectivity index (χ0n) is 16.6.